The lowest BCUT2D eigenvalue weighted by Crippen LogP contribution is -1.96. The van der Waals surface area contributed by atoms with Crippen molar-refractivity contribution < 1.29 is 9.18 Å². The molecule has 1 atom stereocenters. The smallest absolute Gasteiger partial charge is 0.159 e. The Morgan fingerprint density at radius 1 is 1.33 bits per heavy atom. The molecular weight excluding hydrogens is 227 g/mol. The van der Waals surface area contributed by atoms with Crippen LogP contribution >= 0.6 is 0 Å². The van der Waals surface area contributed by atoms with E-state index in [1.54, 1.807) is 13.0 Å². The second-order valence-corrected chi connectivity index (χ2v) is 4.12. The molecule has 0 saturated carbocycles. The standard InChI is InChI=1S/C16H23FO/c1-5-8-16(14(4)18)11-10-13(3)15(6-2)9-7-12-17/h6-11,13H,5,12H2,1-4H3/b9-7-,11-10-,15-6+,16-8+. The summed E-state index contributed by atoms with van der Waals surface area (Å²) in [6.07, 6.45) is 11.8. The lowest BCUT2D eigenvalue weighted by atomic mass is 9.98. The topological polar surface area (TPSA) is 17.1 Å². The predicted octanol–water partition coefficient (Wildman–Crippen LogP) is 4.58. The van der Waals surface area contributed by atoms with Crippen molar-refractivity contribution in [1.29, 1.82) is 0 Å². The van der Waals surface area contributed by atoms with Crippen LogP contribution in [-0.4, -0.2) is 12.5 Å². The van der Waals surface area contributed by atoms with Gasteiger partial charge in [0, 0.05) is 5.57 Å². The zero-order valence-electron chi connectivity index (χ0n) is 11.7. The molecule has 0 spiro atoms. The van der Waals surface area contributed by atoms with Gasteiger partial charge in [0.25, 0.3) is 0 Å². The summed E-state index contributed by atoms with van der Waals surface area (Å²) < 4.78 is 12.1. The maximum Gasteiger partial charge on any atom is 0.159 e. The largest absolute Gasteiger partial charge is 0.295 e. The third-order valence-electron chi connectivity index (χ3n) is 2.65. The van der Waals surface area contributed by atoms with Crippen molar-refractivity contribution in [3.8, 4) is 0 Å². The van der Waals surface area contributed by atoms with Gasteiger partial charge in [-0.2, -0.15) is 0 Å². The van der Waals surface area contributed by atoms with Crippen molar-refractivity contribution >= 4 is 5.78 Å². The number of Topliss-reactive ketones (excluding diaryl/α,β-unsaturated/α-hetero) is 1. The molecule has 1 nitrogen and oxygen atoms in total. The normalized spacial score (nSPS) is 15.6. The Balaban J connectivity index is 4.81. The molecule has 0 amide bonds. The molecule has 0 saturated heterocycles. The van der Waals surface area contributed by atoms with E-state index in [0.717, 1.165) is 17.6 Å². The van der Waals surface area contributed by atoms with Crippen molar-refractivity contribution in [3.63, 3.8) is 0 Å². The average molecular weight is 250 g/mol. The number of carbonyl (C=O) groups is 1. The van der Waals surface area contributed by atoms with Gasteiger partial charge < -0.3 is 0 Å². The fourth-order valence-electron chi connectivity index (χ4n) is 1.60. The summed E-state index contributed by atoms with van der Waals surface area (Å²) in [4.78, 5) is 11.4. The van der Waals surface area contributed by atoms with Crippen molar-refractivity contribution in [1.82, 2.24) is 0 Å². The number of rotatable bonds is 7. The van der Waals surface area contributed by atoms with E-state index in [4.69, 9.17) is 0 Å². The third kappa shape index (κ3) is 6.33. The number of hydrogen-bond acceptors (Lipinski definition) is 1. The fraction of sp³-hybridized carbons (Fsp3) is 0.438. The van der Waals surface area contributed by atoms with Crippen LogP contribution in [-0.2, 0) is 4.79 Å². The monoisotopic (exact) mass is 250 g/mol. The van der Waals surface area contributed by atoms with E-state index < -0.39 is 6.67 Å². The van der Waals surface area contributed by atoms with E-state index in [1.165, 1.54) is 6.08 Å². The van der Waals surface area contributed by atoms with E-state index in [-0.39, 0.29) is 11.7 Å². The highest BCUT2D eigenvalue weighted by atomic mass is 19.1. The van der Waals surface area contributed by atoms with Crippen molar-refractivity contribution in [2.75, 3.05) is 6.67 Å². The predicted molar refractivity (Wildman–Crippen MR) is 76.2 cm³/mol. The number of hydrogen-bond donors (Lipinski definition) is 0. The maximum absolute atomic E-state index is 12.1. The van der Waals surface area contributed by atoms with Gasteiger partial charge >= 0.3 is 0 Å². The van der Waals surface area contributed by atoms with Gasteiger partial charge in [0.15, 0.2) is 5.78 Å². The minimum atomic E-state index is -0.456. The van der Waals surface area contributed by atoms with Crippen LogP contribution < -0.4 is 0 Å². The molecule has 2 heteroatoms. The third-order valence-corrected chi connectivity index (χ3v) is 2.65. The zero-order valence-corrected chi connectivity index (χ0v) is 11.7. The Hall–Kier alpha value is -1.44. The van der Waals surface area contributed by atoms with E-state index in [2.05, 4.69) is 0 Å². The minimum Gasteiger partial charge on any atom is -0.295 e. The first-order valence-electron chi connectivity index (χ1n) is 6.34. The second-order valence-electron chi connectivity index (χ2n) is 4.12. The molecule has 18 heavy (non-hydrogen) atoms. The highest BCUT2D eigenvalue weighted by Gasteiger charge is 2.03. The molecule has 0 radical (unpaired) electrons. The Labute approximate surface area is 110 Å². The number of ketones is 1. The van der Waals surface area contributed by atoms with E-state index >= 15 is 0 Å². The van der Waals surface area contributed by atoms with Gasteiger partial charge in [-0.05, 0) is 31.8 Å². The molecule has 0 fully saturated rings. The summed E-state index contributed by atoms with van der Waals surface area (Å²) >= 11 is 0. The van der Waals surface area contributed by atoms with Crippen molar-refractivity contribution in [2.24, 2.45) is 5.92 Å². The van der Waals surface area contributed by atoms with Gasteiger partial charge in [-0.3, -0.25) is 4.79 Å². The number of alkyl halides is 1. The van der Waals surface area contributed by atoms with Crippen LogP contribution in [0.3, 0.4) is 0 Å². The molecule has 0 aliphatic rings. The van der Waals surface area contributed by atoms with Gasteiger partial charge in [-0.15, -0.1) is 0 Å². The molecule has 0 aromatic rings. The molecule has 0 heterocycles. The minimum absolute atomic E-state index is 0.0710. The second kappa shape index (κ2) is 9.58. The van der Waals surface area contributed by atoms with Gasteiger partial charge in [0.1, 0.15) is 6.67 Å². The molecule has 0 aromatic carbocycles. The summed E-state index contributed by atoms with van der Waals surface area (Å²) in [6, 6.07) is 0. The molecule has 0 bridgehead atoms. The summed E-state index contributed by atoms with van der Waals surface area (Å²) in [5.41, 5.74) is 1.78. The molecule has 1 unspecified atom stereocenters. The van der Waals surface area contributed by atoms with E-state index in [9.17, 15) is 9.18 Å². The highest BCUT2D eigenvalue weighted by molar-refractivity contribution is 5.95. The van der Waals surface area contributed by atoms with Crippen LogP contribution in [0.1, 0.15) is 34.1 Å². The van der Waals surface area contributed by atoms with Crippen molar-refractivity contribution in [3.05, 3.63) is 47.6 Å². The van der Waals surface area contributed by atoms with Crippen molar-refractivity contribution in [2.45, 2.75) is 34.1 Å². The molecule has 0 N–H and O–H groups in total. The Morgan fingerprint density at radius 2 is 2.00 bits per heavy atom. The van der Waals surface area contributed by atoms with Crippen LogP contribution in [0, 0.1) is 5.92 Å². The Kier molecular flexibility index (Phi) is 8.81. The first-order valence-corrected chi connectivity index (χ1v) is 6.34. The first-order chi connectivity index (χ1) is 8.56. The summed E-state index contributed by atoms with van der Waals surface area (Å²) in [5, 5.41) is 0. The summed E-state index contributed by atoms with van der Waals surface area (Å²) in [7, 11) is 0. The van der Waals surface area contributed by atoms with Gasteiger partial charge in [-0.1, -0.05) is 50.3 Å². The maximum atomic E-state index is 12.1. The average Bonchev–Trinajstić information content (AvgIpc) is 2.34. The summed E-state index contributed by atoms with van der Waals surface area (Å²) in [5.74, 6) is 0.235. The SMILES string of the molecule is C/C=C(\C=C/CF)C(C)/C=C\C(=C/CC)C(C)=O. The number of halogens is 1. The van der Waals surface area contributed by atoms with Crippen LogP contribution in [0.15, 0.2) is 47.6 Å². The number of allylic oxidation sites excluding steroid dienone is 8. The molecule has 0 rings (SSSR count). The highest BCUT2D eigenvalue weighted by Crippen LogP contribution is 2.15. The molecular formula is C16H23FO. The van der Waals surface area contributed by atoms with Crippen LogP contribution in [0.4, 0.5) is 4.39 Å². The first kappa shape index (κ1) is 16.6. The van der Waals surface area contributed by atoms with E-state index in [0.29, 0.717) is 0 Å². The molecule has 0 aliphatic carbocycles. The zero-order chi connectivity index (χ0) is 14.0. The Bertz CT molecular complexity index is 373. The lowest BCUT2D eigenvalue weighted by molar-refractivity contribution is -0.113. The fourth-order valence-corrected chi connectivity index (χ4v) is 1.60. The molecule has 100 valence electrons. The lowest BCUT2D eigenvalue weighted by Gasteiger charge is -2.07. The summed E-state index contributed by atoms with van der Waals surface area (Å²) in [6.45, 7) is 7.06. The molecule has 0 aromatic heterocycles. The molecule has 0 aliphatic heterocycles. The van der Waals surface area contributed by atoms with Gasteiger partial charge in [-0.25, -0.2) is 4.39 Å². The quantitative estimate of drug-likeness (QED) is 0.477. The van der Waals surface area contributed by atoms with Crippen LogP contribution in [0.25, 0.3) is 0 Å². The van der Waals surface area contributed by atoms with Crippen LogP contribution in [0.5, 0.6) is 0 Å². The number of carbonyl (C=O) groups excluding carboxylic acids is 1. The van der Waals surface area contributed by atoms with Gasteiger partial charge in [0.05, 0.1) is 0 Å². The van der Waals surface area contributed by atoms with E-state index in [1.807, 2.05) is 45.1 Å². The van der Waals surface area contributed by atoms with Gasteiger partial charge in [0.2, 0.25) is 0 Å². The Morgan fingerprint density at radius 3 is 2.44 bits per heavy atom. The van der Waals surface area contributed by atoms with Crippen LogP contribution in [0.2, 0.25) is 0 Å².